The van der Waals surface area contributed by atoms with Crippen molar-refractivity contribution in [2.45, 2.75) is 77.4 Å². The molecule has 3 unspecified atom stereocenters. The third kappa shape index (κ3) is 3.20. The van der Waals surface area contributed by atoms with Crippen LogP contribution >= 0.6 is 0 Å². The van der Waals surface area contributed by atoms with Crippen LogP contribution in [0.1, 0.15) is 74.1 Å². The lowest BCUT2D eigenvalue weighted by Crippen LogP contribution is -2.43. The topological polar surface area (TPSA) is 29.5 Å². The van der Waals surface area contributed by atoms with Crippen molar-refractivity contribution in [3.05, 3.63) is 64.7 Å². The molecule has 0 heterocycles. The van der Waals surface area contributed by atoms with Crippen LogP contribution in [-0.2, 0) is 19.4 Å². The number of aliphatic hydroxyl groups is 1. The monoisotopic (exact) mass is 390 g/mol. The minimum absolute atomic E-state index is 0.0881. The number of aliphatic hydroxyl groups excluding tert-OH is 1. The molecule has 0 bridgehead atoms. The highest BCUT2D eigenvalue weighted by atomic mass is 16.5. The first-order valence-corrected chi connectivity index (χ1v) is 11.6. The van der Waals surface area contributed by atoms with Gasteiger partial charge in [0.05, 0.1) is 6.10 Å². The van der Waals surface area contributed by atoms with E-state index in [0.717, 1.165) is 30.9 Å². The van der Waals surface area contributed by atoms with E-state index in [1.165, 1.54) is 42.4 Å². The van der Waals surface area contributed by atoms with Gasteiger partial charge >= 0.3 is 0 Å². The molecular formula is C27H34O2. The van der Waals surface area contributed by atoms with E-state index >= 15 is 0 Å². The first-order valence-electron chi connectivity index (χ1n) is 11.6. The highest BCUT2D eigenvalue weighted by Crippen LogP contribution is 2.61. The maximum Gasteiger partial charge on any atom is 0.123 e. The van der Waals surface area contributed by atoms with Crippen LogP contribution in [0.5, 0.6) is 5.75 Å². The number of benzene rings is 2. The number of fused-ring (bicyclic) bond motifs is 5. The molecule has 2 aromatic rings. The molecule has 0 saturated heterocycles. The molecule has 2 aromatic carbocycles. The maximum atomic E-state index is 10.6. The second-order valence-electron chi connectivity index (χ2n) is 9.84. The fourth-order valence-corrected chi connectivity index (χ4v) is 6.76. The van der Waals surface area contributed by atoms with Gasteiger partial charge in [-0.25, -0.2) is 0 Å². The van der Waals surface area contributed by atoms with E-state index < -0.39 is 0 Å². The molecule has 0 radical (unpaired) electrons. The number of hydrogen-bond acceptors (Lipinski definition) is 2. The average molecular weight is 391 g/mol. The van der Waals surface area contributed by atoms with Crippen molar-refractivity contribution in [2.24, 2.45) is 17.3 Å². The summed E-state index contributed by atoms with van der Waals surface area (Å²) in [5.41, 5.74) is 5.83. The molecule has 5 atom stereocenters. The molecule has 0 spiro atoms. The zero-order valence-electron chi connectivity index (χ0n) is 17.9. The second kappa shape index (κ2) is 7.47. The van der Waals surface area contributed by atoms with Crippen molar-refractivity contribution < 1.29 is 9.84 Å². The second-order valence-corrected chi connectivity index (χ2v) is 9.84. The Labute approximate surface area is 175 Å². The van der Waals surface area contributed by atoms with Crippen molar-refractivity contribution in [2.75, 3.05) is 0 Å². The summed E-state index contributed by atoms with van der Waals surface area (Å²) in [6.45, 7) is 5.23. The minimum Gasteiger partial charge on any atom is -0.489 e. The van der Waals surface area contributed by atoms with Crippen LogP contribution in [0.25, 0.3) is 0 Å². The van der Waals surface area contributed by atoms with Crippen LogP contribution in [0, 0.1) is 17.3 Å². The van der Waals surface area contributed by atoms with Crippen molar-refractivity contribution in [1.82, 2.24) is 0 Å². The summed E-state index contributed by atoms with van der Waals surface area (Å²) >= 11 is 0. The van der Waals surface area contributed by atoms with Crippen molar-refractivity contribution in [3.63, 3.8) is 0 Å². The van der Waals surface area contributed by atoms with E-state index in [1.807, 2.05) is 0 Å². The Balaban J connectivity index is 1.41. The highest BCUT2D eigenvalue weighted by molar-refractivity contribution is 5.46. The first kappa shape index (κ1) is 19.2. The van der Waals surface area contributed by atoms with Gasteiger partial charge in [-0.1, -0.05) is 50.2 Å². The molecule has 0 aliphatic heterocycles. The van der Waals surface area contributed by atoms with Crippen molar-refractivity contribution in [3.8, 4) is 5.75 Å². The quantitative estimate of drug-likeness (QED) is 0.689. The SMILES string of the molecule is CCc1cc2c(cc1OCc1ccccc1)CCC1C2CC[C@@]2(C)C1CC[C@@H]2O. The first-order chi connectivity index (χ1) is 14.1. The Morgan fingerprint density at radius 2 is 1.90 bits per heavy atom. The van der Waals surface area contributed by atoms with Gasteiger partial charge in [0.2, 0.25) is 0 Å². The number of aryl methyl sites for hydroxylation is 2. The zero-order valence-corrected chi connectivity index (χ0v) is 17.9. The standard InChI is InChI=1S/C27H34O2/c1-3-19-15-23-20(16-25(19)29-17-18-7-5-4-6-8-18)9-10-22-21(23)13-14-27(2)24(22)11-12-26(27)28/h4-8,15-16,21-22,24,26,28H,3,9-14,17H2,1-2H3/t21?,22?,24?,26-,27-/m0/s1. The molecule has 2 nitrogen and oxygen atoms in total. The lowest BCUT2D eigenvalue weighted by Gasteiger charge is -2.50. The van der Waals surface area contributed by atoms with E-state index in [-0.39, 0.29) is 11.5 Å². The molecule has 2 fully saturated rings. The predicted molar refractivity (Wildman–Crippen MR) is 117 cm³/mol. The molecule has 154 valence electrons. The Kier molecular flexibility index (Phi) is 4.94. The zero-order chi connectivity index (χ0) is 20.0. The third-order valence-electron chi connectivity index (χ3n) is 8.47. The van der Waals surface area contributed by atoms with Crippen LogP contribution < -0.4 is 4.74 Å². The molecule has 29 heavy (non-hydrogen) atoms. The normalized spacial score (nSPS) is 32.9. The fraction of sp³-hybridized carbons (Fsp3) is 0.556. The molecule has 1 N–H and O–H groups in total. The van der Waals surface area contributed by atoms with Gasteiger partial charge in [0, 0.05) is 0 Å². The maximum absolute atomic E-state index is 10.6. The predicted octanol–water partition coefficient (Wildman–Crippen LogP) is 6.05. The lowest BCUT2D eigenvalue weighted by atomic mass is 9.55. The van der Waals surface area contributed by atoms with E-state index in [4.69, 9.17) is 4.74 Å². The number of ether oxygens (including phenoxy) is 1. The summed E-state index contributed by atoms with van der Waals surface area (Å²) in [5.74, 6) is 3.20. The van der Waals surface area contributed by atoms with Crippen LogP contribution in [0.15, 0.2) is 42.5 Å². The fourth-order valence-electron chi connectivity index (χ4n) is 6.76. The van der Waals surface area contributed by atoms with Gasteiger partial charge in [0.1, 0.15) is 12.4 Å². The summed E-state index contributed by atoms with van der Waals surface area (Å²) in [5, 5.41) is 10.6. The van der Waals surface area contributed by atoms with Gasteiger partial charge in [-0.15, -0.1) is 0 Å². The van der Waals surface area contributed by atoms with E-state index in [9.17, 15) is 5.11 Å². The largest absolute Gasteiger partial charge is 0.489 e. The molecule has 2 saturated carbocycles. The van der Waals surface area contributed by atoms with Gasteiger partial charge in [0.25, 0.3) is 0 Å². The van der Waals surface area contributed by atoms with Crippen molar-refractivity contribution >= 4 is 0 Å². The lowest BCUT2D eigenvalue weighted by molar-refractivity contribution is -0.0226. The molecular weight excluding hydrogens is 356 g/mol. The third-order valence-corrected chi connectivity index (χ3v) is 8.47. The van der Waals surface area contributed by atoms with Crippen LogP contribution in [0.3, 0.4) is 0 Å². The molecule has 3 aliphatic rings. The minimum atomic E-state index is -0.0881. The molecule has 5 rings (SSSR count). The molecule has 3 aliphatic carbocycles. The van der Waals surface area contributed by atoms with E-state index in [0.29, 0.717) is 18.4 Å². The van der Waals surface area contributed by atoms with Gasteiger partial charge < -0.3 is 9.84 Å². The van der Waals surface area contributed by atoms with E-state index in [1.54, 1.807) is 5.56 Å². The van der Waals surface area contributed by atoms with Crippen LogP contribution in [-0.4, -0.2) is 11.2 Å². The van der Waals surface area contributed by atoms with Crippen LogP contribution in [0.2, 0.25) is 0 Å². The Bertz CT molecular complexity index is 874. The van der Waals surface area contributed by atoms with Crippen molar-refractivity contribution in [1.29, 1.82) is 0 Å². The highest BCUT2D eigenvalue weighted by Gasteiger charge is 2.54. The summed E-state index contributed by atoms with van der Waals surface area (Å²) < 4.78 is 6.28. The Morgan fingerprint density at radius 3 is 2.69 bits per heavy atom. The molecule has 2 heteroatoms. The summed E-state index contributed by atoms with van der Waals surface area (Å²) in [4.78, 5) is 0. The van der Waals surface area contributed by atoms with Gasteiger partial charge in [-0.3, -0.25) is 0 Å². The van der Waals surface area contributed by atoms with Crippen LogP contribution in [0.4, 0.5) is 0 Å². The summed E-state index contributed by atoms with van der Waals surface area (Å²) in [7, 11) is 0. The number of rotatable bonds is 4. The molecule has 0 aromatic heterocycles. The average Bonchev–Trinajstić information content (AvgIpc) is 3.06. The van der Waals surface area contributed by atoms with E-state index in [2.05, 4.69) is 56.3 Å². The number of hydrogen-bond donors (Lipinski definition) is 1. The Morgan fingerprint density at radius 1 is 1.07 bits per heavy atom. The molecule has 0 amide bonds. The summed E-state index contributed by atoms with van der Waals surface area (Å²) in [6.07, 6.45) is 7.97. The Hall–Kier alpha value is -1.80. The van der Waals surface area contributed by atoms with Gasteiger partial charge in [-0.2, -0.15) is 0 Å². The van der Waals surface area contributed by atoms with Gasteiger partial charge in [0.15, 0.2) is 0 Å². The smallest absolute Gasteiger partial charge is 0.123 e. The van der Waals surface area contributed by atoms with Gasteiger partial charge in [-0.05, 0) is 96.4 Å². The summed E-state index contributed by atoms with van der Waals surface area (Å²) in [6, 6.07) is 15.3.